The fraction of sp³-hybridized carbons (Fsp3) is 0.182. The van der Waals surface area contributed by atoms with Gasteiger partial charge < -0.3 is 9.13 Å². The number of aromatic nitrogens is 3. The molecule has 0 aliphatic rings. The summed E-state index contributed by atoms with van der Waals surface area (Å²) < 4.78 is 5.26. The third-order valence-electron chi connectivity index (χ3n) is 2.77. The SMILES string of the molecule is Cn1cc(Br)c2c1ncc1ccn(C)c12. The summed E-state index contributed by atoms with van der Waals surface area (Å²) in [6.07, 6.45) is 6.03. The second kappa shape index (κ2) is 2.85. The van der Waals surface area contributed by atoms with E-state index in [1.54, 1.807) is 0 Å². The monoisotopic (exact) mass is 263 g/mol. The van der Waals surface area contributed by atoms with E-state index in [9.17, 15) is 0 Å². The van der Waals surface area contributed by atoms with Gasteiger partial charge in [0.05, 0.1) is 10.9 Å². The van der Waals surface area contributed by atoms with Gasteiger partial charge in [0.15, 0.2) is 0 Å². The van der Waals surface area contributed by atoms with Crippen LogP contribution < -0.4 is 0 Å². The summed E-state index contributed by atoms with van der Waals surface area (Å²) in [7, 11) is 4.07. The molecule has 0 atom stereocenters. The van der Waals surface area contributed by atoms with E-state index < -0.39 is 0 Å². The predicted octanol–water partition coefficient (Wildman–Crippen LogP) is 2.83. The van der Waals surface area contributed by atoms with Crippen molar-refractivity contribution >= 4 is 37.9 Å². The topological polar surface area (TPSA) is 22.8 Å². The first-order chi connectivity index (χ1) is 7.18. The molecule has 0 N–H and O–H groups in total. The zero-order chi connectivity index (χ0) is 10.6. The maximum Gasteiger partial charge on any atom is 0.142 e. The molecular formula is C11H10BrN3. The molecule has 0 saturated heterocycles. The second-order valence-corrected chi connectivity index (χ2v) is 4.63. The van der Waals surface area contributed by atoms with Crippen molar-refractivity contribution in [2.75, 3.05) is 0 Å². The quantitative estimate of drug-likeness (QED) is 0.612. The summed E-state index contributed by atoms with van der Waals surface area (Å²) in [6, 6.07) is 2.08. The van der Waals surface area contributed by atoms with Crippen LogP contribution in [0.1, 0.15) is 0 Å². The Morgan fingerprint density at radius 2 is 2.07 bits per heavy atom. The Bertz CT molecular complexity index is 663. The van der Waals surface area contributed by atoms with Gasteiger partial charge in [-0.3, -0.25) is 0 Å². The van der Waals surface area contributed by atoms with Crippen LogP contribution in [0.3, 0.4) is 0 Å². The summed E-state index contributed by atoms with van der Waals surface area (Å²) in [4.78, 5) is 4.46. The largest absolute Gasteiger partial charge is 0.350 e. The molecule has 0 amide bonds. The summed E-state index contributed by atoms with van der Waals surface area (Å²) in [5.74, 6) is 0. The van der Waals surface area contributed by atoms with Crippen molar-refractivity contribution in [3.8, 4) is 0 Å². The molecule has 0 aromatic carbocycles. The average Bonchev–Trinajstić information content (AvgIpc) is 2.70. The summed E-state index contributed by atoms with van der Waals surface area (Å²) in [6.45, 7) is 0. The number of aryl methyl sites for hydroxylation is 2. The van der Waals surface area contributed by atoms with Crippen molar-refractivity contribution < 1.29 is 0 Å². The Morgan fingerprint density at radius 1 is 1.27 bits per heavy atom. The minimum atomic E-state index is 1.01. The van der Waals surface area contributed by atoms with E-state index in [4.69, 9.17) is 0 Å². The molecule has 3 nitrogen and oxygen atoms in total. The van der Waals surface area contributed by atoms with Gasteiger partial charge >= 0.3 is 0 Å². The first kappa shape index (κ1) is 8.97. The van der Waals surface area contributed by atoms with Gasteiger partial charge in [-0.25, -0.2) is 4.98 Å². The van der Waals surface area contributed by atoms with Gasteiger partial charge in [-0.1, -0.05) is 0 Å². The van der Waals surface area contributed by atoms with E-state index in [-0.39, 0.29) is 0 Å². The van der Waals surface area contributed by atoms with Crippen LogP contribution >= 0.6 is 15.9 Å². The summed E-state index contributed by atoms with van der Waals surface area (Å²) in [5.41, 5.74) is 2.24. The number of fused-ring (bicyclic) bond motifs is 3. The fourth-order valence-corrected chi connectivity index (χ4v) is 2.73. The highest BCUT2D eigenvalue weighted by atomic mass is 79.9. The molecule has 0 bridgehead atoms. The molecule has 4 heteroatoms. The molecule has 3 aromatic rings. The number of pyridine rings is 1. The lowest BCUT2D eigenvalue weighted by Gasteiger charge is -1.99. The molecule has 0 radical (unpaired) electrons. The van der Waals surface area contributed by atoms with E-state index >= 15 is 0 Å². The highest BCUT2D eigenvalue weighted by Gasteiger charge is 2.11. The molecule has 0 fully saturated rings. The van der Waals surface area contributed by atoms with E-state index in [1.165, 1.54) is 16.3 Å². The van der Waals surface area contributed by atoms with Crippen LogP contribution in [0.5, 0.6) is 0 Å². The minimum absolute atomic E-state index is 1.01. The first-order valence-corrected chi connectivity index (χ1v) is 5.52. The van der Waals surface area contributed by atoms with Crippen LogP contribution in [0.25, 0.3) is 21.9 Å². The molecule has 0 unspecified atom stereocenters. The molecule has 0 aliphatic carbocycles. The Balaban J connectivity index is 2.68. The van der Waals surface area contributed by atoms with Crippen molar-refractivity contribution in [1.29, 1.82) is 0 Å². The number of rotatable bonds is 0. The lowest BCUT2D eigenvalue weighted by Crippen LogP contribution is -1.89. The maximum absolute atomic E-state index is 4.46. The summed E-state index contributed by atoms with van der Waals surface area (Å²) >= 11 is 3.58. The highest BCUT2D eigenvalue weighted by molar-refractivity contribution is 9.10. The van der Waals surface area contributed by atoms with Gasteiger partial charge in [0.1, 0.15) is 5.65 Å². The lowest BCUT2D eigenvalue weighted by molar-refractivity contribution is 0.945. The maximum atomic E-state index is 4.46. The zero-order valence-electron chi connectivity index (χ0n) is 8.53. The smallest absolute Gasteiger partial charge is 0.142 e. The van der Waals surface area contributed by atoms with Gasteiger partial charge in [0.2, 0.25) is 0 Å². The Hall–Kier alpha value is -1.29. The number of halogens is 1. The normalized spacial score (nSPS) is 11.7. The Labute approximate surface area is 95.5 Å². The molecule has 0 spiro atoms. The van der Waals surface area contributed by atoms with Crippen LogP contribution in [0.4, 0.5) is 0 Å². The average molecular weight is 264 g/mol. The number of hydrogen-bond acceptors (Lipinski definition) is 1. The van der Waals surface area contributed by atoms with Crippen molar-refractivity contribution in [3.63, 3.8) is 0 Å². The molecular weight excluding hydrogens is 254 g/mol. The fourth-order valence-electron chi connectivity index (χ4n) is 2.06. The zero-order valence-corrected chi connectivity index (χ0v) is 10.1. The van der Waals surface area contributed by atoms with E-state index in [1.807, 2.05) is 24.0 Å². The molecule has 3 rings (SSSR count). The van der Waals surface area contributed by atoms with Crippen molar-refractivity contribution in [2.45, 2.75) is 0 Å². The molecule has 3 aromatic heterocycles. The van der Waals surface area contributed by atoms with Gasteiger partial charge in [-0.2, -0.15) is 0 Å². The van der Waals surface area contributed by atoms with Crippen LogP contribution in [0.15, 0.2) is 29.1 Å². The van der Waals surface area contributed by atoms with Crippen molar-refractivity contribution in [1.82, 2.24) is 14.1 Å². The third-order valence-corrected chi connectivity index (χ3v) is 3.37. The van der Waals surface area contributed by atoms with Gasteiger partial charge in [-0.05, 0) is 22.0 Å². The van der Waals surface area contributed by atoms with Crippen LogP contribution in [0.2, 0.25) is 0 Å². The molecule has 76 valence electrons. The van der Waals surface area contributed by atoms with Gasteiger partial charge in [-0.15, -0.1) is 0 Å². The van der Waals surface area contributed by atoms with Crippen LogP contribution in [-0.4, -0.2) is 14.1 Å². The predicted molar refractivity (Wildman–Crippen MR) is 64.9 cm³/mol. The first-order valence-electron chi connectivity index (χ1n) is 4.73. The summed E-state index contributed by atoms with van der Waals surface area (Å²) in [5, 5.41) is 2.36. The Morgan fingerprint density at radius 3 is 2.87 bits per heavy atom. The molecule has 3 heterocycles. The van der Waals surface area contributed by atoms with E-state index in [2.05, 4.69) is 44.8 Å². The standard InChI is InChI=1S/C11H10BrN3/c1-14-4-3-7-5-13-11-9(10(7)14)8(12)6-15(11)2/h3-6H,1-2H3. The highest BCUT2D eigenvalue weighted by Crippen LogP contribution is 2.31. The molecule has 0 aliphatic heterocycles. The van der Waals surface area contributed by atoms with Crippen molar-refractivity contribution in [3.05, 3.63) is 29.1 Å². The van der Waals surface area contributed by atoms with E-state index in [0.717, 1.165) is 10.1 Å². The minimum Gasteiger partial charge on any atom is -0.350 e. The van der Waals surface area contributed by atoms with Crippen LogP contribution in [0, 0.1) is 0 Å². The number of hydrogen-bond donors (Lipinski definition) is 0. The molecule has 15 heavy (non-hydrogen) atoms. The third kappa shape index (κ3) is 1.08. The van der Waals surface area contributed by atoms with Crippen molar-refractivity contribution in [2.24, 2.45) is 14.1 Å². The molecule has 0 saturated carbocycles. The lowest BCUT2D eigenvalue weighted by atomic mass is 10.2. The van der Waals surface area contributed by atoms with Gasteiger partial charge in [0.25, 0.3) is 0 Å². The number of nitrogens with zero attached hydrogens (tertiary/aromatic N) is 3. The Kier molecular flexibility index (Phi) is 1.71. The second-order valence-electron chi connectivity index (χ2n) is 3.78. The van der Waals surface area contributed by atoms with Gasteiger partial charge in [0, 0.05) is 42.5 Å². The van der Waals surface area contributed by atoms with Crippen LogP contribution in [-0.2, 0) is 14.1 Å². The van der Waals surface area contributed by atoms with E-state index in [0.29, 0.717) is 0 Å².